The van der Waals surface area contributed by atoms with Crippen LogP contribution in [-0.4, -0.2) is 41.4 Å². The molecule has 0 aliphatic heterocycles. The molecule has 19 heavy (non-hydrogen) atoms. The van der Waals surface area contributed by atoms with Crippen LogP contribution in [0.15, 0.2) is 0 Å². The van der Waals surface area contributed by atoms with E-state index in [2.05, 4.69) is 21.2 Å². The van der Waals surface area contributed by atoms with Gasteiger partial charge in [0, 0.05) is 6.42 Å². The highest BCUT2D eigenvalue weighted by molar-refractivity contribution is 9.09. The fraction of sp³-hybridized carbons (Fsp3) is 0.750. The summed E-state index contributed by atoms with van der Waals surface area (Å²) in [7, 11) is 0. The molecule has 0 heterocycles. The smallest absolute Gasteiger partial charge is 0.408 e. The van der Waals surface area contributed by atoms with E-state index in [1.807, 2.05) is 0 Å². The van der Waals surface area contributed by atoms with Gasteiger partial charge in [-0.15, -0.1) is 0 Å². The first-order valence-electron chi connectivity index (χ1n) is 5.93. The maximum Gasteiger partial charge on any atom is 0.408 e. The second kappa shape index (κ2) is 8.14. The first-order valence-corrected chi connectivity index (χ1v) is 7.05. The van der Waals surface area contributed by atoms with Gasteiger partial charge in [0.1, 0.15) is 17.4 Å². The highest BCUT2D eigenvalue weighted by Gasteiger charge is 2.27. The first-order chi connectivity index (χ1) is 8.69. The van der Waals surface area contributed by atoms with Crippen molar-refractivity contribution in [2.24, 2.45) is 0 Å². The molecule has 1 N–H and O–H groups in total. The van der Waals surface area contributed by atoms with Crippen LogP contribution in [0, 0.1) is 0 Å². The molecule has 0 aromatic carbocycles. The van der Waals surface area contributed by atoms with Crippen LogP contribution < -0.4 is 5.32 Å². The van der Waals surface area contributed by atoms with Crippen molar-refractivity contribution in [2.75, 3.05) is 11.9 Å². The Morgan fingerprint density at radius 2 is 1.84 bits per heavy atom. The number of ether oxygens (including phenoxy) is 2. The van der Waals surface area contributed by atoms with Crippen molar-refractivity contribution in [3.05, 3.63) is 0 Å². The molecule has 6 nitrogen and oxygen atoms in total. The Kier molecular flexibility index (Phi) is 7.66. The Morgan fingerprint density at radius 3 is 2.26 bits per heavy atom. The minimum Gasteiger partial charge on any atom is -0.464 e. The van der Waals surface area contributed by atoms with Gasteiger partial charge in [0.15, 0.2) is 0 Å². The Bertz CT molecular complexity index is 338. The van der Waals surface area contributed by atoms with Gasteiger partial charge in [-0.3, -0.25) is 4.79 Å². The molecule has 0 fully saturated rings. The molecule has 0 radical (unpaired) electrons. The Hall–Kier alpha value is -1.11. The van der Waals surface area contributed by atoms with Gasteiger partial charge in [-0.25, -0.2) is 9.59 Å². The summed E-state index contributed by atoms with van der Waals surface area (Å²) < 4.78 is 9.83. The predicted molar refractivity (Wildman–Crippen MR) is 73.2 cm³/mol. The van der Waals surface area contributed by atoms with Crippen molar-refractivity contribution in [1.82, 2.24) is 5.32 Å². The van der Waals surface area contributed by atoms with Crippen LogP contribution in [0.4, 0.5) is 4.79 Å². The number of hydrogen-bond acceptors (Lipinski definition) is 5. The van der Waals surface area contributed by atoms with Gasteiger partial charge in [-0.05, 0) is 27.7 Å². The van der Waals surface area contributed by atoms with Crippen LogP contribution in [0.1, 0.15) is 34.1 Å². The standard InChI is InChI=1S/C12H20BrNO5/c1-5-18-10(16)9(6-8(15)7-13)14-11(17)19-12(2,3)4/h9H,5-7H2,1-4H3,(H,14,17). The van der Waals surface area contributed by atoms with Crippen LogP contribution in [-0.2, 0) is 19.1 Å². The van der Waals surface area contributed by atoms with Gasteiger partial charge < -0.3 is 14.8 Å². The maximum atomic E-state index is 11.6. The zero-order valence-corrected chi connectivity index (χ0v) is 13.2. The molecule has 1 unspecified atom stereocenters. The third-order valence-corrected chi connectivity index (χ3v) is 2.47. The van der Waals surface area contributed by atoms with Crippen LogP contribution in [0.5, 0.6) is 0 Å². The third kappa shape index (κ3) is 8.58. The lowest BCUT2D eigenvalue weighted by Crippen LogP contribution is -2.45. The van der Waals surface area contributed by atoms with E-state index in [4.69, 9.17) is 9.47 Å². The summed E-state index contributed by atoms with van der Waals surface area (Å²) in [5, 5.41) is 2.46. The average molecular weight is 338 g/mol. The van der Waals surface area contributed by atoms with Crippen LogP contribution in [0.2, 0.25) is 0 Å². The molecule has 1 amide bonds. The lowest BCUT2D eigenvalue weighted by molar-refractivity contribution is -0.146. The van der Waals surface area contributed by atoms with E-state index in [1.165, 1.54) is 0 Å². The van der Waals surface area contributed by atoms with Gasteiger partial charge in [-0.1, -0.05) is 15.9 Å². The Balaban J connectivity index is 4.61. The molecule has 0 aliphatic carbocycles. The minimum atomic E-state index is -1.03. The molecule has 1 atom stereocenters. The van der Waals surface area contributed by atoms with Gasteiger partial charge in [-0.2, -0.15) is 0 Å². The minimum absolute atomic E-state index is 0.110. The van der Waals surface area contributed by atoms with Gasteiger partial charge in [0.05, 0.1) is 11.9 Å². The van der Waals surface area contributed by atoms with E-state index in [9.17, 15) is 14.4 Å². The molecule has 0 saturated carbocycles. The lowest BCUT2D eigenvalue weighted by atomic mass is 10.1. The number of esters is 1. The molecule has 0 saturated heterocycles. The number of hydrogen-bond donors (Lipinski definition) is 1. The number of alkyl carbamates (subject to hydrolysis) is 1. The SMILES string of the molecule is CCOC(=O)C(CC(=O)CBr)NC(=O)OC(C)(C)C. The topological polar surface area (TPSA) is 81.7 Å². The normalized spacial score (nSPS) is 12.5. The van der Waals surface area contributed by atoms with Crippen molar-refractivity contribution in [2.45, 2.75) is 45.8 Å². The van der Waals surface area contributed by atoms with Crippen molar-refractivity contribution in [3.8, 4) is 0 Å². The van der Waals surface area contributed by atoms with E-state index in [-0.39, 0.29) is 24.1 Å². The molecule has 0 bridgehead atoms. The molecule has 0 rings (SSSR count). The maximum absolute atomic E-state index is 11.6. The number of alkyl halides is 1. The van der Waals surface area contributed by atoms with E-state index >= 15 is 0 Å². The second-order valence-corrected chi connectivity index (χ2v) is 5.39. The quantitative estimate of drug-likeness (QED) is 0.590. The van der Waals surface area contributed by atoms with E-state index in [0.717, 1.165) is 0 Å². The lowest BCUT2D eigenvalue weighted by Gasteiger charge is -2.22. The number of ketones is 1. The molecule has 0 aromatic rings. The third-order valence-electron chi connectivity index (χ3n) is 1.84. The number of Topliss-reactive ketones (excluding diaryl/α,β-unsaturated/α-hetero) is 1. The summed E-state index contributed by atoms with van der Waals surface area (Å²) in [6.45, 7) is 6.93. The number of halogens is 1. The molecule has 7 heteroatoms. The molecule has 110 valence electrons. The Morgan fingerprint density at radius 1 is 1.26 bits per heavy atom. The van der Waals surface area contributed by atoms with Gasteiger partial charge >= 0.3 is 12.1 Å². The number of carbonyl (C=O) groups is 3. The number of carbonyl (C=O) groups excluding carboxylic acids is 3. The van der Waals surface area contributed by atoms with Gasteiger partial charge in [0.2, 0.25) is 0 Å². The molecule has 0 spiro atoms. The number of amides is 1. The zero-order chi connectivity index (χ0) is 15.1. The summed E-state index contributed by atoms with van der Waals surface area (Å²) in [5.74, 6) is -0.864. The number of nitrogens with one attached hydrogen (secondary N) is 1. The largest absolute Gasteiger partial charge is 0.464 e. The Labute approximate surface area is 121 Å². The highest BCUT2D eigenvalue weighted by atomic mass is 79.9. The summed E-state index contributed by atoms with van der Waals surface area (Å²) >= 11 is 3.00. The van der Waals surface area contributed by atoms with Crippen molar-refractivity contribution >= 4 is 33.8 Å². The monoisotopic (exact) mass is 337 g/mol. The van der Waals surface area contributed by atoms with E-state index < -0.39 is 23.7 Å². The summed E-state index contributed by atoms with van der Waals surface area (Å²) in [4.78, 5) is 34.6. The molecule has 0 aromatic heterocycles. The van der Waals surface area contributed by atoms with Crippen LogP contribution >= 0.6 is 15.9 Å². The van der Waals surface area contributed by atoms with E-state index in [1.54, 1.807) is 27.7 Å². The van der Waals surface area contributed by atoms with E-state index in [0.29, 0.717) is 0 Å². The van der Waals surface area contributed by atoms with Crippen LogP contribution in [0.25, 0.3) is 0 Å². The van der Waals surface area contributed by atoms with Crippen LogP contribution in [0.3, 0.4) is 0 Å². The average Bonchev–Trinajstić information content (AvgIpc) is 2.25. The number of rotatable bonds is 6. The molecular formula is C12H20BrNO5. The first kappa shape index (κ1) is 17.9. The zero-order valence-electron chi connectivity index (χ0n) is 11.6. The van der Waals surface area contributed by atoms with Crippen molar-refractivity contribution in [3.63, 3.8) is 0 Å². The predicted octanol–water partition coefficient (Wildman–Crippen LogP) is 1.80. The fourth-order valence-electron chi connectivity index (χ4n) is 1.17. The summed E-state index contributed by atoms with van der Waals surface area (Å²) in [5.41, 5.74) is -0.678. The fourth-order valence-corrected chi connectivity index (χ4v) is 1.40. The highest BCUT2D eigenvalue weighted by Crippen LogP contribution is 2.08. The molecule has 0 aliphatic rings. The van der Waals surface area contributed by atoms with Crippen molar-refractivity contribution < 1.29 is 23.9 Å². The second-order valence-electron chi connectivity index (χ2n) is 4.83. The summed E-state index contributed by atoms with van der Waals surface area (Å²) in [6, 6.07) is -1.03. The van der Waals surface area contributed by atoms with Gasteiger partial charge in [0.25, 0.3) is 0 Å². The summed E-state index contributed by atoms with van der Waals surface area (Å²) in [6.07, 6.45) is -0.892. The molecular weight excluding hydrogens is 318 g/mol. The van der Waals surface area contributed by atoms with Crippen molar-refractivity contribution in [1.29, 1.82) is 0 Å².